The summed E-state index contributed by atoms with van der Waals surface area (Å²) in [5, 5.41) is 8.87. The summed E-state index contributed by atoms with van der Waals surface area (Å²) in [7, 11) is -2.69. The van der Waals surface area contributed by atoms with E-state index >= 15 is 0 Å². The van der Waals surface area contributed by atoms with Crippen molar-refractivity contribution in [2.24, 2.45) is 5.92 Å². The van der Waals surface area contributed by atoms with Gasteiger partial charge in [0, 0.05) is 54.5 Å². The van der Waals surface area contributed by atoms with Crippen LogP contribution in [0.25, 0.3) is 11.1 Å². The maximum absolute atomic E-state index is 14.9. The monoisotopic (exact) mass is 531 g/mol. The number of methoxy groups -OCH3 is 1. The molecule has 1 fully saturated rings. The van der Waals surface area contributed by atoms with Crippen LogP contribution in [0.3, 0.4) is 0 Å². The molecule has 0 unspecified atom stereocenters. The number of carboxylic acid groups (broad SMARTS) is 1. The van der Waals surface area contributed by atoms with Gasteiger partial charge in [0.25, 0.3) is 0 Å². The smallest absolute Gasteiger partial charge is 0.407 e. The summed E-state index contributed by atoms with van der Waals surface area (Å²) in [4.78, 5) is 38.5. The van der Waals surface area contributed by atoms with Crippen LogP contribution in [0, 0.1) is 23.6 Å². The van der Waals surface area contributed by atoms with Crippen molar-refractivity contribution in [1.82, 2.24) is 14.4 Å². The van der Waals surface area contributed by atoms with Crippen molar-refractivity contribution in [3.63, 3.8) is 0 Å². The van der Waals surface area contributed by atoms with Crippen molar-refractivity contribution >= 4 is 27.9 Å². The van der Waals surface area contributed by atoms with E-state index in [1.165, 1.54) is 33.6 Å². The molecule has 2 amide bonds. The lowest BCUT2D eigenvalue weighted by Gasteiger charge is -2.33. The Labute approximate surface area is 213 Å². The number of sulfone groups is 1. The fourth-order valence-corrected chi connectivity index (χ4v) is 5.14. The number of likely N-dealkylation sites (tertiary alicyclic amines) is 1. The maximum Gasteiger partial charge on any atom is 0.407 e. The molecule has 10 nitrogen and oxygen atoms in total. The summed E-state index contributed by atoms with van der Waals surface area (Å²) < 4.78 is 43.6. The highest BCUT2D eigenvalue weighted by Gasteiger charge is 2.45. The van der Waals surface area contributed by atoms with Gasteiger partial charge in [0.2, 0.25) is 0 Å². The number of halogens is 1. The molecule has 0 saturated carbocycles. The van der Waals surface area contributed by atoms with Crippen LogP contribution in [0.4, 0.5) is 14.0 Å². The molecule has 1 N–H and O–H groups in total. The van der Waals surface area contributed by atoms with Crippen molar-refractivity contribution in [1.29, 1.82) is 0 Å². The normalized spacial score (nSPS) is 16.9. The molecule has 37 heavy (non-hydrogen) atoms. The Hall–Kier alpha value is -3.85. The Morgan fingerprint density at radius 1 is 1.27 bits per heavy atom. The second-order valence-electron chi connectivity index (χ2n) is 9.39. The third-order valence-electron chi connectivity index (χ3n) is 6.88. The fourth-order valence-electron chi connectivity index (χ4n) is 4.29. The molecule has 1 saturated heterocycles. The van der Waals surface area contributed by atoms with Crippen molar-refractivity contribution < 1.29 is 37.0 Å². The van der Waals surface area contributed by atoms with E-state index in [0.29, 0.717) is 35.5 Å². The molecule has 0 aliphatic carbocycles. The Balaban J connectivity index is 1.44. The van der Waals surface area contributed by atoms with Crippen LogP contribution >= 0.6 is 0 Å². The summed E-state index contributed by atoms with van der Waals surface area (Å²) in [6, 6.07) is 5.82. The van der Waals surface area contributed by atoms with Crippen LogP contribution in [0.2, 0.25) is 0 Å². The molecule has 4 rings (SSSR count). The molecular formula is C25H26FN3O7S. The number of aromatic nitrogens is 1. The van der Waals surface area contributed by atoms with Crippen LogP contribution < -0.4 is 0 Å². The zero-order valence-corrected chi connectivity index (χ0v) is 21.3. The number of amides is 2. The molecule has 0 spiro atoms. The van der Waals surface area contributed by atoms with Gasteiger partial charge < -0.3 is 19.6 Å². The van der Waals surface area contributed by atoms with Gasteiger partial charge in [-0.05, 0) is 31.5 Å². The van der Waals surface area contributed by atoms with E-state index in [-0.39, 0.29) is 25.4 Å². The fraction of sp³-hybridized carbons (Fsp3) is 0.400. The molecule has 3 heterocycles. The number of carbonyl (C=O) groups is 3. The lowest BCUT2D eigenvalue weighted by atomic mass is 10.0. The summed E-state index contributed by atoms with van der Waals surface area (Å²) in [6.07, 6.45) is 1.36. The van der Waals surface area contributed by atoms with Gasteiger partial charge >= 0.3 is 18.1 Å². The lowest BCUT2D eigenvalue weighted by Crippen LogP contribution is -2.48. The average Bonchev–Trinajstić information content (AvgIpc) is 3.33. The van der Waals surface area contributed by atoms with E-state index in [4.69, 9.17) is 5.11 Å². The number of benzene rings is 1. The number of hydrogen-bond acceptors (Lipinski definition) is 6. The van der Waals surface area contributed by atoms with E-state index in [9.17, 15) is 27.2 Å². The predicted octanol–water partition coefficient (Wildman–Crippen LogP) is 2.41. The van der Waals surface area contributed by atoms with Crippen molar-refractivity contribution in [3.05, 3.63) is 47.5 Å². The third kappa shape index (κ3) is 4.91. The Kier molecular flexibility index (Phi) is 6.77. The average molecular weight is 532 g/mol. The topological polar surface area (TPSA) is 126 Å². The maximum atomic E-state index is 14.9. The van der Waals surface area contributed by atoms with E-state index in [1.807, 2.05) is 0 Å². The molecule has 1 atom stereocenters. The van der Waals surface area contributed by atoms with Crippen molar-refractivity contribution in [2.75, 3.05) is 33.0 Å². The van der Waals surface area contributed by atoms with E-state index in [2.05, 4.69) is 16.6 Å². The molecule has 2 aliphatic heterocycles. The summed E-state index contributed by atoms with van der Waals surface area (Å²) in [5.74, 6) is 4.35. The van der Waals surface area contributed by atoms with Crippen LogP contribution in [0.1, 0.15) is 24.6 Å². The number of ether oxygens (including phenoxy) is 1. The van der Waals surface area contributed by atoms with Crippen molar-refractivity contribution in [2.45, 2.75) is 24.6 Å². The third-order valence-corrected chi connectivity index (χ3v) is 8.88. The SMILES string of the molecule is COC(=O)[C@@](C)(CCN1Cc2cc(-c3ccc(C#CC4CN(C(=O)O)C4)cc3F)cn2C1=O)S(C)(=O)=O. The number of nitrogens with zero attached hydrogens (tertiary/aromatic N) is 3. The molecule has 2 aromatic rings. The second-order valence-corrected chi connectivity index (χ2v) is 11.8. The number of rotatable bonds is 6. The molecule has 2 aliphatic rings. The summed E-state index contributed by atoms with van der Waals surface area (Å²) in [6.45, 7) is 2.14. The van der Waals surface area contributed by atoms with Gasteiger partial charge in [0.1, 0.15) is 5.82 Å². The van der Waals surface area contributed by atoms with Crippen LogP contribution in [0.5, 0.6) is 0 Å². The Morgan fingerprint density at radius 3 is 2.54 bits per heavy atom. The molecule has 1 aromatic heterocycles. The van der Waals surface area contributed by atoms with Gasteiger partial charge in [0.05, 0.1) is 19.6 Å². The Bertz CT molecular complexity index is 1450. The van der Waals surface area contributed by atoms with Gasteiger partial charge in [-0.2, -0.15) is 0 Å². The number of carbonyl (C=O) groups excluding carboxylic acids is 2. The number of fused-ring (bicyclic) bond motifs is 1. The van der Waals surface area contributed by atoms with Gasteiger partial charge in [-0.25, -0.2) is 22.4 Å². The zero-order valence-electron chi connectivity index (χ0n) is 20.5. The van der Waals surface area contributed by atoms with Crippen LogP contribution in [-0.2, 0) is 25.9 Å². The summed E-state index contributed by atoms with van der Waals surface area (Å²) >= 11 is 0. The summed E-state index contributed by atoms with van der Waals surface area (Å²) in [5.41, 5.74) is 1.87. The van der Waals surface area contributed by atoms with E-state index in [1.54, 1.807) is 18.2 Å². The van der Waals surface area contributed by atoms with E-state index < -0.39 is 38.5 Å². The number of hydrogen-bond donors (Lipinski definition) is 1. The highest BCUT2D eigenvalue weighted by atomic mass is 32.2. The predicted molar refractivity (Wildman–Crippen MR) is 131 cm³/mol. The first kappa shape index (κ1) is 26.2. The first-order valence-electron chi connectivity index (χ1n) is 11.4. The number of esters is 1. The van der Waals surface area contributed by atoms with Crippen LogP contribution in [-0.4, -0.2) is 83.7 Å². The quantitative estimate of drug-likeness (QED) is 0.448. The van der Waals surface area contributed by atoms with Gasteiger partial charge in [-0.1, -0.05) is 17.9 Å². The highest BCUT2D eigenvalue weighted by Crippen LogP contribution is 2.31. The molecule has 1 aromatic carbocycles. The first-order valence-corrected chi connectivity index (χ1v) is 13.3. The molecule has 196 valence electrons. The molecule has 12 heteroatoms. The Morgan fingerprint density at radius 2 is 1.97 bits per heavy atom. The lowest BCUT2D eigenvalue weighted by molar-refractivity contribution is -0.143. The van der Waals surface area contributed by atoms with Gasteiger partial charge in [-0.15, -0.1) is 0 Å². The minimum atomic E-state index is -3.80. The molecule has 0 bridgehead atoms. The van der Waals surface area contributed by atoms with E-state index in [0.717, 1.165) is 13.4 Å². The zero-order chi connectivity index (χ0) is 27.1. The van der Waals surface area contributed by atoms with Gasteiger partial charge in [0.15, 0.2) is 14.6 Å². The van der Waals surface area contributed by atoms with Gasteiger partial charge in [-0.3, -0.25) is 9.36 Å². The first-order chi connectivity index (χ1) is 17.3. The highest BCUT2D eigenvalue weighted by molar-refractivity contribution is 7.92. The van der Waals surface area contributed by atoms with Crippen molar-refractivity contribution in [3.8, 4) is 23.0 Å². The minimum absolute atomic E-state index is 0.0153. The second kappa shape index (κ2) is 9.55. The molecule has 0 radical (unpaired) electrons. The standard InChI is InChI=1S/C25H26FN3O7S/c1-25(22(30)36-2,37(3,34)35)8-9-27-15-19-11-18(14-29(19)23(27)31)20-7-6-16(10-21(20)26)4-5-17-12-28(13-17)24(32)33/h6-7,10-11,14,17H,8-9,12-13,15H2,1-3H3,(H,32,33)/t25-/m1/s1. The largest absolute Gasteiger partial charge is 0.468 e. The molecular weight excluding hydrogens is 505 g/mol. The minimum Gasteiger partial charge on any atom is -0.468 e. The van der Waals surface area contributed by atoms with Crippen LogP contribution in [0.15, 0.2) is 30.5 Å².